The maximum Gasteiger partial charge on any atom is 0.417 e. The molecule has 2 aromatic rings. The molecule has 2 rings (SSSR count). The fraction of sp³-hybridized carbons (Fsp3) is 0.200. The first-order valence-electron chi connectivity index (χ1n) is 6.66. The first kappa shape index (κ1) is 18.4. The molecular weight excluding hydrogens is 366 g/mol. The minimum Gasteiger partial charge on any atom is -0.350 e. The number of likely N-dealkylation sites (N-methyl/N-ethyl adjacent to an activating group) is 1. The van der Waals surface area contributed by atoms with Crippen molar-refractivity contribution in [3.05, 3.63) is 52.1 Å². The number of nitrogens with one attached hydrogen (secondary N) is 1. The topological polar surface area (TPSA) is 45.2 Å². The van der Waals surface area contributed by atoms with Gasteiger partial charge >= 0.3 is 6.18 Å². The summed E-state index contributed by atoms with van der Waals surface area (Å²) in [6.07, 6.45) is -3.74. The zero-order chi connectivity index (χ0) is 17.9. The van der Waals surface area contributed by atoms with E-state index in [9.17, 15) is 18.0 Å². The molecule has 1 N–H and O–H groups in total. The number of benzene rings is 1. The van der Waals surface area contributed by atoms with E-state index in [1.807, 2.05) is 0 Å². The van der Waals surface area contributed by atoms with Gasteiger partial charge in [-0.3, -0.25) is 4.79 Å². The number of aromatic nitrogens is 1. The SMILES string of the molecule is CN(CC(=O)Nc1c(Cl)cccc1Cl)c1ccc(C(F)(F)F)cn1. The average molecular weight is 378 g/mol. The molecule has 4 nitrogen and oxygen atoms in total. The first-order chi connectivity index (χ1) is 11.2. The summed E-state index contributed by atoms with van der Waals surface area (Å²) in [5.41, 5.74) is -0.577. The van der Waals surface area contributed by atoms with Crippen molar-refractivity contribution >= 4 is 40.6 Å². The maximum absolute atomic E-state index is 12.5. The lowest BCUT2D eigenvalue weighted by molar-refractivity contribution is -0.137. The van der Waals surface area contributed by atoms with E-state index in [1.54, 1.807) is 18.2 Å². The van der Waals surface area contributed by atoms with Crippen LogP contribution in [0.1, 0.15) is 5.56 Å². The summed E-state index contributed by atoms with van der Waals surface area (Å²) in [6, 6.07) is 6.88. The molecule has 0 saturated carbocycles. The molecule has 1 aromatic carbocycles. The zero-order valence-electron chi connectivity index (χ0n) is 12.4. The van der Waals surface area contributed by atoms with Gasteiger partial charge < -0.3 is 10.2 Å². The van der Waals surface area contributed by atoms with E-state index in [-0.39, 0.29) is 28.1 Å². The van der Waals surface area contributed by atoms with Gasteiger partial charge in [-0.2, -0.15) is 13.2 Å². The lowest BCUT2D eigenvalue weighted by Gasteiger charge is -2.18. The Balaban J connectivity index is 2.04. The predicted octanol–water partition coefficient (Wildman–Crippen LogP) is 4.48. The molecule has 0 unspecified atom stereocenters. The number of alkyl halides is 3. The molecule has 24 heavy (non-hydrogen) atoms. The third-order valence-corrected chi connectivity index (χ3v) is 3.70. The van der Waals surface area contributed by atoms with Gasteiger partial charge in [0.05, 0.1) is 27.8 Å². The lowest BCUT2D eigenvalue weighted by atomic mass is 10.2. The molecule has 0 radical (unpaired) electrons. The number of nitrogens with zero attached hydrogens (tertiary/aromatic N) is 2. The van der Waals surface area contributed by atoms with Crippen LogP contribution >= 0.6 is 23.2 Å². The molecule has 0 spiro atoms. The smallest absolute Gasteiger partial charge is 0.350 e. The van der Waals surface area contributed by atoms with Crippen LogP contribution in [-0.2, 0) is 11.0 Å². The van der Waals surface area contributed by atoms with Gasteiger partial charge in [0.1, 0.15) is 5.82 Å². The third-order valence-electron chi connectivity index (χ3n) is 3.07. The van der Waals surface area contributed by atoms with Crippen LogP contribution in [0.2, 0.25) is 10.0 Å². The summed E-state index contributed by atoms with van der Waals surface area (Å²) >= 11 is 11.9. The molecule has 0 fully saturated rings. The third kappa shape index (κ3) is 4.52. The number of pyridine rings is 1. The van der Waals surface area contributed by atoms with Crippen LogP contribution in [0.3, 0.4) is 0 Å². The van der Waals surface area contributed by atoms with E-state index in [4.69, 9.17) is 23.2 Å². The van der Waals surface area contributed by atoms with E-state index < -0.39 is 17.6 Å². The van der Waals surface area contributed by atoms with Crippen molar-refractivity contribution in [3.63, 3.8) is 0 Å². The molecule has 0 aliphatic heterocycles. The van der Waals surface area contributed by atoms with Crippen LogP contribution in [0.15, 0.2) is 36.5 Å². The molecule has 0 atom stereocenters. The fourth-order valence-corrected chi connectivity index (χ4v) is 2.36. The van der Waals surface area contributed by atoms with Gasteiger partial charge in [0.15, 0.2) is 0 Å². The van der Waals surface area contributed by atoms with Crippen LogP contribution in [0.4, 0.5) is 24.7 Å². The molecule has 1 heterocycles. The molecule has 128 valence electrons. The van der Waals surface area contributed by atoms with E-state index in [1.165, 1.54) is 18.0 Å². The second kappa shape index (κ2) is 7.27. The number of anilines is 2. The van der Waals surface area contributed by atoms with Crippen LogP contribution < -0.4 is 10.2 Å². The van der Waals surface area contributed by atoms with Crippen LogP contribution in [0, 0.1) is 0 Å². The second-order valence-corrected chi connectivity index (χ2v) is 5.72. The number of hydrogen-bond acceptors (Lipinski definition) is 3. The average Bonchev–Trinajstić information content (AvgIpc) is 2.50. The highest BCUT2D eigenvalue weighted by Gasteiger charge is 2.30. The Bertz CT molecular complexity index is 715. The van der Waals surface area contributed by atoms with Crippen molar-refractivity contribution in [1.29, 1.82) is 0 Å². The summed E-state index contributed by atoms with van der Waals surface area (Å²) in [7, 11) is 1.53. The van der Waals surface area contributed by atoms with Gasteiger partial charge in [0.2, 0.25) is 5.91 Å². The molecule has 9 heteroatoms. The number of carbonyl (C=O) groups excluding carboxylic acids is 1. The summed E-state index contributed by atoms with van der Waals surface area (Å²) in [6.45, 7) is -0.139. The molecule has 1 aromatic heterocycles. The lowest BCUT2D eigenvalue weighted by Crippen LogP contribution is -2.30. The highest BCUT2D eigenvalue weighted by Crippen LogP contribution is 2.30. The standard InChI is InChI=1S/C15H12Cl2F3N3O/c1-23(12-6-5-9(7-21-12)15(18,19)20)8-13(24)22-14-10(16)3-2-4-11(14)17/h2-7H,8H2,1H3,(H,22,24). The van der Waals surface area contributed by atoms with Crippen LogP contribution in [0.5, 0.6) is 0 Å². The number of halogens is 5. The van der Waals surface area contributed by atoms with Gasteiger partial charge in [-0.25, -0.2) is 4.98 Å². The van der Waals surface area contributed by atoms with E-state index >= 15 is 0 Å². The van der Waals surface area contributed by atoms with Crippen molar-refractivity contribution in [2.75, 3.05) is 23.8 Å². The normalized spacial score (nSPS) is 11.2. The maximum atomic E-state index is 12.5. The summed E-state index contributed by atoms with van der Waals surface area (Å²) in [5, 5.41) is 3.13. The molecule has 1 amide bonds. The van der Waals surface area contributed by atoms with E-state index in [2.05, 4.69) is 10.3 Å². The largest absolute Gasteiger partial charge is 0.417 e. The quantitative estimate of drug-likeness (QED) is 0.853. The van der Waals surface area contributed by atoms with Crippen molar-refractivity contribution in [2.24, 2.45) is 0 Å². The Morgan fingerprint density at radius 2 is 1.83 bits per heavy atom. The Labute approximate surface area is 146 Å². The number of para-hydroxylation sites is 1. The summed E-state index contributed by atoms with van der Waals surface area (Å²) < 4.78 is 37.5. The molecule has 0 aliphatic rings. The van der Waals surface area contributed by atoms with Gasteiger partial charge in [-0.15, -0.1) is 0 Å². The Morgan fingerprint density at radius 3 is 2.33 bits per heavy atom. The van der Waals surface area contributed by atoms with Crippen LogP contribution in [-0.4, -0.2) is 24.5 Å². The highest BCUT2D eigenvalue weighted by molar-refractivity contribution is 6.39. The Kier molecular flexibility index (Phi) is 5.56. The van der Waals surface area contributed by atoms with E-state index in [0.717, 1.165) is 6.07 Å². The molecule has 0 aliphatic carbocycles. The van der Waals surface area contributed by atoms with Gasteiger partial charge in [0.25, 0.3) is 0 Å². The van der Waals surface area contributed by atoms with E-state index in [0.29, 0.717) is 6.20 Å². The van der Waals surface area contributed by atoms with Gasteiger partial charge in [0, 0.05) is 13.2 Å². The zero-order valence-corrected chi connectivity index (χ0v) is 13.9. The summed E-state index contributed by atoms with van der Waals surface area (Å²) in [4.78, 5) is 17.2. The van der Waals surface area contributed by atoms with Gasteiger partial charge in [-0.1, -0.05) is 29.3 Å². The van der Waals surface area contributed by atoms with Crippen molar-refractivity contribution in [3.8, 4) is 0 Å². The van der Waals surface area contributed by atoms with Gasteiger partial charge in [-0.05, 0) is 24.3 Å². The minimum atomic E-state index is -4.46. The fourth-order valence-electron chi connectivity index (χ4n) is 1.87. The number of hydrogen-bond donors (Lipinski definition) is 1. The number of rotatable bonds is 4. The van der Waals surface area contributed by atoms with Crippen LogP contribution in [0.25, 0.3) is 0 Å². The first-order valence-corrected chi connectivity index (χ1v) is 7.42. The highest BCUT2D eigenvalue weighted by atomic mass is 35.5. The monoisotopic (exact) mass is 377 g/mol. The number of carbonyl (C=O) groups is 1. The second-order valence-electron chi connectivity index (χ2n) is 4.90. The Morgan fingerprint density at radius 1 is 1.21 bits per heavy atom. The minimum absolute atomic E-state index is 0.139. The van der Waals surface area contributed by atoms with Crippen molar-refractivity contribution in [2.45, 2.75) is 6.18 Å². The summed E-state index contributed by atoms with van der Waals surface area (Å²) in [5.74, 6) is -0.211. The number of amides is 1. The molecular formula is C15H12Cl2F3N3O. The Hall–Kier alpha value is -1.99. The van der Waals surface area contributed by atoms with Crippen molar-refractivity contribution in [1.82, 2.24) is 4.98 Å². The molecule has 0 saturated heterocycles. The van der Waals surface area contributed by atoms with Crippen molar-refractivity contribution < 1.29 is 18.0 Å². The predicted molar refractivity (Wildman–Crippen MR) is 87.6 cm³/mol. The molecule has 0 bridgehead atoms.